The number of nitro benzene ring substituents is 2. The first-order chi connectivity index (χ1) is 21.9. The number of hydrogen-bond acceptors (Lipinski definition) is 11. The Kier molecular flexibility index (Phi) is 12.4. The van der Waals surface area contributed by atoms with Gasteiger partial charge in [-0.25, -0.2) is 4.79 Å². The molecule has 2 aromatic rings. The molecule has 46 heavy (non-hydrogen) atoms. The number of aliphatic hydroxyl groups is 2. The van der Waals surface area contributed by atoms with E-state index in [1.165, 1.54) is 41.2 Å². The molecule has 2 aromatic carbocycles. The number of carbonyl (C=O) groups is 4. The molecule has 248 valence electrons. The van der Waals surface area contributed by atoms with E-state index in [0.29, 0.717) is 60.9 Å². The molecule has 2 aliphatic heterocycles. The molecule has 2 atom stereocenters. The SMILES string of the molecule is COC(=O)[C@@H]1CCCCN1C(=O)c1cc(CO)c(C)cc1[N+](=O)[O-].Cc1cc([N+](=O)[O-])c(C(=O)N2CCCC[C@H]2C=O)cc1CO. The summed E-state index contributed by atoms with van der Waals surface area (Å²) in [5, 5.41) is 41.2. The number of benzene rings is 2. The van der Waals surface area contributed by atoms with Crippen molar-refractivity contribution in [1.82, 2.24) is 9.80 Å². The van der Waals surface area contributed by atoms with E-state index >= 15 is 0 Å². The van der Waals surface area contributed by atoms with E-state index in [2.05, 4.69) is 0 Å². The Morgan fingerprint density at radius 2 is 1.28 bits per heavy atom. The van der Waals surface area contributed by atoms with E-state index in [4.69, 9.17) is 4.74 Å². The Morgan fingerprint density at radius 1 is 0.826 bits per heavy atom. The van der Waals surface area contributed by atoms with Gasteiger partial charge in [-0.15, -0.1) is 0 Å². The maximum Gasteiger partial charge on any atom is 0.328 e. The molecular formula is C31H38N4O11. The van der Waals surface area contributed by atoms with Gasteiger partial charge in [0.15, 0.2) is 0 Å². The molecule has 2 fully saturated rings. The predicted octanol–water partition coefficient (Wildman–Crippen LogP) is 3.15. The molecule has 4 rings (SSSR count). The summed E-state index contributed by atoms with van der Waals surface area (Å²) in [5.74, 6) is -1.65. The fraction of sp³-hybridized carbons (Fsp3) is 0.484. The van der Waals surface area contributed by atoms with Crippen molar-refractivity contribution >= 4 is 35.4 Å². The van der Waals surface area contributed by atoms with Crippen LogP contribution in [0.5, 0.6) is 0 Å². The van der Waals surface area contributed by atoms with Gasteiger partial charge in [0.05, 0.1) is 36.2 Å². The van der Waals surface area contributed by atoms with Gasteiger partial charge in [0.2, 0.25) is 0 Å². The van der Waals surface area contributed by atoms with Crippen molar-refractivity contribution in [1.29, 1.82) is 0 Å². The second-order valence-corrected chi connectivity index (χ2v) is 11.2. The third-order valence-corrected chi connectivity index (χ3v) is 8.31. The summed E-state index contributed by atoms with van der Waals surface area (Å²) in [6, 6.07) is 3.97. The average molecular weight is 643 g/mol. The number of rotatable bonds is 8. The number of carbonyl (C=O) groups excluding carboxylic acids is 4. The summed E-state index contributed by atoms with van der Waals surface area (Å²) in [5.41, 5.74) is 1.17. The van der Waals surface area contributed by atoms with Crippen LogP contribution in [0.2, 0.25) is 0 Å². The minimum Gasteiger partial charge on any atom is -0.467 e. The molecule has 0 unspecified atom stereocenters. The van der Waals surface area contributed by atoms with Crippen molar-refractivity contribution in [3.63, 3.8) is 0 Å². The summed E-state index contributed by atoms with van der Waals surface area (Å²) < 4.78 is 4.74. The molecule has 2 N–H and O–H groups in total. The molecule has 2 aliphatic rings. The van der Waals surface area contributed by atoms with Crippen LogP contribution in [0.3, 0.4) is 0 Å². The molecular weight excluding hydrogens is 604 g/mol. The van der Waals surface area contributed by atoms with Crippen LogP contribution in [0.25, 0.3) is 0 Å². The molecule has 0 bridgehead atoms. The number of piperidine rings is 2. The van der Waals surface area contributed by atoms with Crippen molar-refractivity contribution in [2.24, 2.45) is 0 Å². The minimum absolute atomic E-state index is 0.0756. The lowest BCUT2D eigenvalue weighted by atomic mass is 9.98. The maximum atomic E-state index is 12.9. The molecule has 15 nitrogen and oxygen atoms in total. The Hall–Kier alpha value is -4.76. The van der Waals surface area contributed by atoms with Gasteiger partial charge in [-0.1, -0.05) is 0 Å². The Bertz CT molecular complexity index is 1510. The number of nitrogens with zero attached hydrogens (tertiary/aromatic N) is 4. The van der Waals surface area contributed by atoms with E-state index in [1.54, 1.807) is 13.8 Å². The van der Waals surface area contributed by atoms with Crippen LogP contribution in [0.4, 0.5) is 11.4 Å². The minimum atomic E-state index is -0.741. The second kappa shape index (κ2) is 16.0. The van der Waals surface area contributed by atoms with E-state index in [1.807, 2.05) is 0 Å². The van der Waals surface area contributed by atoms with Crippen LogP contribution in [-0.2, 0) is 27.5 Å². The number of aliphatic hydroxyl groups excluding tert-OH is 2. The predicted molar refractivity (Wildman–Crippen MR) is 163 cm³/mol. The summed E-state index contributed by atoms with van der Waals surface area (Å²) in [6.07, 6.45) is 4.86. The van der Waals surface area contributed by atoms with Gasteiger partial charge in [0, 0.05) is 25.2 Å². The fourth-order valence-corrected chi connectivity index (χ4v) is 5.68. The van der Waals surface area contributed by atoms with Gasteiger partial charge in [0.25, 0.3) is 23.2 Å². The second-order valence-electron chi connectivity index (χ2n) is 11.2. The molecule has 15 heteroatoms. The zero-order chi connectivity index (χ0) is 34.1. The number of ether oxygens (including phenoxy) is 1. The van der Waals surface area contributed by atoms with Gasteiger partial charge in [-0.05, 0) is 86.8 Å². The fourth-order valence-electron chi connectivity index (χ4n) is 5.68. The maximum absolute atomic E-state index is 12.9. The topological polar surface area (TPSA) is 211 Å². The van der Waals surface area contributed by atoms with Crippen LogP contribution in [0, 0.1) is 34.1 Å². The van der Waals surface area contributed by atoms with E-state index in [0.717, 1.165) is 19.3 Å². The van der Waals surface area contributed by atoms with Crippen molar-refractivity contribution < 1.29 is 44.0 Å². The van der Waals surface area contributed by atoms with Crippen molar-refractivity contribution in [2.45, 2.75) is 77.7 Å². The molecule has 2 saturated heterocycles. The van der Waals surface area contributed by atoms with Crippen LogP contribution in [0.1, 0.15) is 81.5 Å². The summed E-state index contributed by atoms with van der Waals surface area (Å²) in [6.45, 7) is 3.37. The molecule has 0 saturated carbocycles. The Labute approximate surface area is 265 Å². The van der Waals surface area contributed by atoms with Crippen LogP contribution < -0.4 is 0 Å². The van der Waals surface area contributed by atoms with Crippen molar-refractivity contribution in [2.75, 3.05) is 20.2 Å². The molecule has 2 amide bonds. The molecule has 0 spiro atoms. The first-order valence-electron chi connectivity index (χ1n) is 14.8. The van der Waals surface area contributed by atoms with Crippen LogP contribution in [0.15, 0.2) is 24.3 Å². The molecule has 0 aliphatic carbocycles. The van der Waals surface area contributed by atoms with E-state index in [-0.39, 0.29) is 35.7 Å². The first kappa shape index (κ1) is 35.7. The number of nitro groups is 2. The molecule has 0 radical (unpaired) electrons. The standard InChI is InChI=1S/C16H20N2O6.C15H18N2O5/c1-10-7-14(18(22)23)12(8-11(10)9-19)15(20)17-6-4-3-5-13(17)16(21)24-2;1-10-6-14(17(21)22)13(7-11(10)8-18)15(20)16-5-3-2-4-12(16)9-19/h7-8,13,19H,3-6,9H2,1-2H3;6-7,9,12,18H,2-5,8H2,1H3/t13-;12-/m00/s1. The number of aryl methyl sites for hydroxylation is 2. The highest BCUT2D eigenvalue weighted by Gasteiger charge is 2.36. The van der Waals surface area contributed by atoms with Crippen molar-refractivity contribution in [3.8, 4) is 0 Å². The van der Waals surface area contributed by atoms with E-state index < -0.39 is 39.7 Å². The lowest BCUT2D eigenvalue weighted by Crippen LogP contribution is -2.48. The number of aldehydes is 1. The highest BCUT2D eigenvalue weighted by molar-refractivity contribution is 6.01. The molecule has 2 heterocycles. The summed E-state index contributed by atoms with van der Waals surface area (Å²) >= 11 is 0. The third kappa shape index (κ3) is 7.90. The number of methoxy groups -OCH3 is 1. The average Bonchev–Trinajstić information content (AvgIpc) is 3.07. The summed E-state index contributed by atoms with van der Waals surface area (Å²) in [4.78, 5) is 72.6. The number of hydrogen-bond donors (Lipinski definition) is 2. The Balaban J connectivity index is 0.000000251. The third-order valence-electron chi connectivity index (χ3n) is 8.31. The monoisotopic (exact) mass is 642 g/mol. The normalized spacial score (nSPS) is 17.8. The molecule has 0 aromatic heterocycles. The van der Waals surface area contributed by atoms with Crippen molar-refractivity contribution in [3.05, 3.63) is 77.9 Å². The quantitative estimate of drug-likeness (QED) is 0.185. The van der Waals surface area contributed by atoms with Crippen LogP contribution in [-0.4, -0.2) is 86.2 Å². The lowest BCUT2D eigenvalue weighted by molar-refractivity contribution is -0.385. The lowest BCUT2D eigenvalue weighted by Gasteiger charge is -2.33. The van der Waals surface area contributed by atoms with Gasteiger partial charge in [-0.3, -0.25) is 29.8 Å². The number of esters is 1. The largest absolute Gasteiger partial charge is 0.467 e. The van der Waals surface area contributed by atoms with Gasteiger partial charge < -0.3 is 29.5 Å². The highest BCUT2D eigenvalue weighted by atomic mass is 16.6. The zero-order valence-electron chi connectivity index (χ0n) is 26.0. The smallest absolute Gasteiger partial charge is 0.328 e. The first-order valence-corrected chi connectivity index (χ1v) is 14.8. The zero-order valence-corrected chi connectivity index (χ0v) is 26.0. The summed E-state index contributed by atoms with van der Waals surface area (Å²) in [7, 11) is 1.25. The number of likely N-dealkylation sites (tertiary alicyclic amines) is 2. The van der Waals surface area contributed by atoms with E-state index in [9.17, 15) is 49.6 Å². The van der Waals surface area contributed by atoms with Gasteiger partial charge in [0.1, 0.15) is 23.5 Å². The highest BCUT2D eigenvalue weighted by Crippen LogP contribution is 2.29. The van der Waals surface area contributed by atoms with Gasteiger partial charge in [-0.2, -0.15) is 0 Å². The number of amides is 2. The Morgan fingerprint density at radius 3 is 1.72 bits per heavy atom. The van der Waals surface area contributed by atoms with Gasteiger partial charge >= 0.3 is 5.97 Å². The van der Waals surface area contributed by atoms with Crippen LogP contribution >= 0.6 is 0 Å².